The fourth-order valence-corrected chi connectivity index (χ4v) is 4.76. The molecular formula is C15H17ClF3NO4S. The summed E-state index contributed by atoms with van der Waals surface area (Å²) in [6, 6.07) is 4.32. The van der Waals surface area contributed by atoms with Crippen LogP contribution in [0.2, 0.25) is 5.02 Å². The monoisotopic (exact) mass is 399 g/mol. The lowest BCUT2D eigenvalue weighted by atomic mass is 9.96. The average Bonchev–Trinajstić information content (AvgIpc) is 2.93. The van der Waals surface area contributed by atoms with E-state index in [0.717, 1.165) is 0 Å². The Hall–Kier alpha value is -1.32. The summed E-state index contributed by atoms with van der Waals surface area (Å²) < 4.78 is 65.3. The zero-order chi connectivity index (χ0) is 19.2. The van der Waals surface area contributed by atoms with Crippen LogP contribution in [0.4, 0.5) is 13.2 Å². The number of halogens is 4. The zero-order valence-corrected chi connectivity index (χ0v) is 15.0. The van der Waals surface area contributed by atoms with Gasteiger partial charge in [-0.2, -0.15) is 17.5 Å². The highest BCUT2D eigenvalue weighted by Gasteiger charge is 2.55. The zero-order valence-electron chi connectivity index (χ0n) is 13.4. The number of carboxylic acid groups (broad SMARTS) is 1. The molecule has 2 atom stereocenters. The van der Waals surface area contributed by atoms with Crippen molar-refractivity contribution in [3.8, 4) is 0 Å². The van der Waals surface area contributed by atoms with Crippen LogP contribution in [-0.2, 0) is 14.8 Å². The first kappa shape index (κ1) is 20.0. The molecule has 2 rings (SSSR count). The van der Waals surface area contributed by atoms with Crippen molar-refractivity contribution in [1.82, 2.24) is 4.31 Å². The van der Waals surface area contributed by atoms with Gasteiger partial charge in [-0.25, -0.2) is 8.42 Å². The van der Waals surface area contributed by atoms with Gasteiger partial charge in [0.25, 0.3) is 0 Å². The Morgan fingerprint density at radius 3 is 2.36 bits per heavy atom. The smallest absolute Gasteiger partial charge is 0.393 e. The first-order chi connectivity index (χ1) is 11.4. The van der Waals surface area contributed by atoms with Crippen molar-refractivity contribution < 1.29 is 31.5 Å². The number of benzene rings is 1. The molecule has 0 unspecified atom stereocenters. The van der Waals surface area contributed by atoms with Crippen molar-refractivity contribution in [3.05, 3.63) is 28.8 Å². The quantitative estimate of drug-likeness (QED) is 0.842. The lowest BCUT2D eigenvalue weighted by Crippen LogP contribution is -2.34. The Kier molecular flexibility index (Phi) is 5.42. The van der Waals surface area contributed by atoms with Gasteiger partial charge in [-0.15, -0.1) is 0 Å². The Morgan fingerprint density at radius 1 is 1.32 bits per heavy atom. The molecule has 0 amide bonds. The molecule has 0 aromatic heterocycles. The average molecular weight is 400 g/mol. The summed E-state index contributed by atoms with van der Waals surface area (Å²) in [7, 11) is -4.35. The van der Waals surface area contributed by atoms with E-state index < -0.39 is 47.1 Å². The predicted octanol–water partition coefficient (Wildman–Crippen LogP) is 3.35. The van der Waals surface area contributed by atoms with Gasteiger partial charge in [0.15, 0.2) is 0 Å². The highest BCUT2D eigenvalue weighted by Crippen LogP contribution is 2.40. The molecule has 1 aliphatic rings. The third kappa shape index (κ3) is 3.93. The number of sulfonamides is 1. The first-order valence-corrected chi connectivity index (χ1v) is 9.26. The topological polar surface area (TPSA) is 74.7 Å². The number of aliphatic carboxylic acids is 1. The molecule has 1 heterocycles. The molecule has 0 spiro atoms. The van der Waals surface area contributed by atoms with Crippen LogP contribution < -0.4 is 0 Å². The van der Waals surface area contributed by atoms with Crippen LogP contribution in [-0.4, -0.2) is 43.1 Å². The van der Waals surface area contributed by atoms with Crippen LogP contribution in [0.15, 0.2) is 23.1 Å². The molecular weight excluding hydrogens is 383 g/mol. The van der Waals surface area contributed by atoms with E-state index in [2.05, 4.69) is 0 Å². The summed E-state index contributed by atoms with van der Waals surface area (Å²) in [4.78, 5) is 10.8. The second-order valence-electron chi connectivity index (χ2n) is 6.26. The Bertz CT molecular complexity index is 779. The molecule has 0 saturated carbocycles. The van der Waals surface area contributed by atoms with Gasteiger partial charge < -0.3 is 5.11 Å². The van der Waals surface area contributed by atoms with Crippen LogP contribution in [0.3, 0.4) is 0 Å². The Labute approximate surface area is 148 Å². The highest BCUT2D eigenvalue weighted by molar-refractivity contribution is 7.89. The lowest BCUT2D eigenvalue weighted by Gasteiger charge is -2.19. The fraction of sp³-hybridized carbons (Fsp3) is 0.533. The van der Waals surface area contributed by atoms with Crippen molar-refractivity contribution in [2.24, 2.45) is 11.8 Å². The molecule has 10 heteroatoms. The van der Waals surface area contributed by atoms with E-state index in [1.165, 1.54) is 12.1 Å². The maximum Gasteiger partial charge on any atom is 0.393 e. The van der Waals surface area contributed by atoms with Crippen molar-refractivity contribution in [1.29, 1.82) is 0 Å². The fourth-order valence-electron chi connectivity index (χ4n) is 2.76. The Balaban J connectivity index is 2.44. The third-order valence-corrected chi connectivity index (χ3v) is 6.58. The second kappa shape index (κ2) is 6.77. The summed E-state index contributed by atoms with van der Waals surface area (Å²) in [5.41, 5.74) is 0.657. The molecule has 1 aliphatic heterocycles. The van der Waals surface area contributed by atoms with Gasteiger partial charge >= 0.3 is 12.1 Å². The maximum absolute atomic E-state index is 13.1. The molecule has 0 aliphatic carbocycles. The maximum atomic E-state index is 13.1. The van der Waals surface area contributed by atoms with Gasteiger partial charge in [0, 0.05) is 13.1 Å². The minimum Gasteiger partial charge on any atom is -0.481 e. The largest absolute Gasteiger partial charge is 0.481 e. The molecule has 1 saturated heterocycles. The van der Waals surface area contributed by atoms with Crippen LogP contribution in [0, 0.1) is 11.8 Å². The lowest BCUT2D eigenvalue weighted by molar-refractivity contribution is -0.187. The molecule has 5 nitrogen and oxygen atoms in total. The number of rotatable bonds is 4. The van der Waals surface area contributed by atoms with Crippen molar-refractivity contribution >= 4 is 27.6 Å². The van der Waals surface area contributed by atoms with Gasteiger partial charge in [-0.3, -0.25) is 4.79 Å². The van der Waals surface area contributed by atoms with E-state index in [1.807, 2.05) is 13.8 Å². The number of hydrogen-bond acceptors (Lipinski definition) is 3. The van der Waals surface area contributed by atoms with Gasteiger partial charge in [-0.1, -0.05) is 31.5 Å². The van der Waals surface area contributed by atoms with E-state index in [0.29, 0.717) is 9.87 Å². The van der Waals surface area contributed by atoms with Gasteiger partial charge in [0.05, 0.1) is 16.9 Å². The van der Waals surface area contributed by atoms with Gasteiger partial charge in [0.2, 0.25) is 10.0 Å². The minimum absolute atomic E-state index is 0.0144. The van der Waals surface area contributed by atoms with Crippen LogP contribution in [0.1, 0.15) is 25.3 Å². The minimum atomic E-state index is -4.81. The van der Waals surface area contributed by atoms with E-state index in [9.17, 15) is 26.4 Å². The predicted molar refractivity (Wildman–Crippen MR) is 85.0 cm³/mol. The summed E-state index contributed by atoms with van der Waals surface area (Å²) in [5.74, 6) is -5.80. The molecule has 1 aromatic carbocycles. The summed E-state index contributed by atoms with van der Waals surface area (Å²) >= 11 is 5.94. The first-order valence-electron chi connectivity index (χ1n) is 7.44. The van der Waals surface area contributed by atoms with Gasteiger partial charge in [0.1, 0.15) is 4.90 Å². The third-order valence-electron chi connectivity index (χ3n) is 4.26. The van der Waals surface area contributed by atoms with Gasteiger partial charge in [-0.05, 0) is 23.6 Å². The van der Waals surface area contributed by atoms with Crippen molar-refractivity contribution in [2.45, 2.75) is 30.8 Å². The van der Waals surface area contributed by atoms with E-state index >= 15 is 0 Å². The molecule has 25 heavy (non-hydrogen) atoms. The SMILES string of the molecule is CC(C)c1ccc(Cl)c(S(=O)(=O)N2C[C@@H](C(F)(F)F)[C@H](C(=O)O)C2)c1. The standard InChI is InChI=1S/C15H17ClF3NO4S/c1-8(2)9-3-4-12(16)13(5-9)25(23,24)20-6-10(14(21)22)11(7-20)15(17,18)19/h3-5,8,10-11H,6-7H2,1-2H3,(H,21,22)/t10-,11-/m1/s1. The van der Waals surface area contributed by atoms with Crippen molar-refractivity contribution in [2.75, 3.05) is 13.1 Å². The second-order valence-corrected chi connectivity index (χ2v) is 8.57. The number of carbonyl (C=O) groups is 1. The van der Waals surface area contributed by atoms with E-state index in [1.54, 1.807) is 6.07 Å². The number of nitrogens with zero attached hydrogens (tertiary/aromatic N) is 1. The normalized spacial score (nSPS) is 22.5. The van der Waals surface area contributed by atoms with Crippen LogP contribution in [0.5, 0.6) is 0 Å². The number of carboxylic acids is 1. The summed E-state index contributed by atoms with van der Waals surface area (Å²) in [6.07, 6.45) is -4.81. The van der Waals surface area contributed by atoms with E-state index in [-0.39, 0.29) is 15.8 Å². The van der Waals surface area contributed by atoms with Crippen LogP contribution >= 0.6 is 11.6 Å². The molecule has 0 bridgehead atoms. The molecule has 1 N–H and O–H groups in total. The Morgan fingerprint density at radius 2 is 1.92 bits per heavy atom. The van der Waals surface area contributed by atoms with E-state index in [4.69, 9.17) is 16.7 Å². The summed E-state index contributed by atoms with van der Waals surface area (Å²) in [5, 5.41) is 8.91. The van der Waals surface area contributed by atoms with Crippen molar-refractivity contribution in [3.63, 3.8) is 0 Å². The number of alkyl halides is 3. The summed E-state index contributed by atoms with van der Waals surface area (Å²) in [6.45, 7) is 1.97. The molecule has 1 fully saturated rings. The molecule has 140 valence electrons. The molecule has 0 radical (unpaired) electrons. The highest BCUT2D eigenvalue weighted by atomic mass is 35.5. The number of hydrogen-bond donors (Lipinski definition) is 1. The van der Waals surface area contributed by atoms with Crippen LogP contribution in [0.25, 0.3) is 0 Å². The molecule has 1 aromatic rings.